The molecule has 0 amide bonds. The van der Waals surface area contributed by atoms with Crippen molar-refractivity contribution in [2.45, 2.75) is 44.1 Å². The third-order valence-corrected chi connectivity index (χ3v) is 7.28. The van der Waals surface area contributed by atoms with Crippen LogP contribution >= 0.6 is 0 Å². The summed E-state index contributed by atoms with van der Waals surface area (Å²) in [5.74, 6) is -6.68. The van der Waals surface area contributed by atoms with Crippen LogP contribution in [0.1, 0.15) is 24.1 Å². The summed E-state index contributed by atoms with van der Waals surface area (Å²) in [6.45, 7) is -0.994. The molecule has 1 unspecified atom stereocenters. The van der Waals surface area contributed by atoms with Crippen LogP contribution < -0.4 is 25.8 Å². The predicted molar refractivity (Wildman–Crippen MR) is 136 cm³/mol. The maximum atomic E-state index is 16.3. The molecule has 0 aromatic carbocycles. The van der Waals surface area contributed by atoms with Gasteiger partial charge in [0.2, 0.25) is 5.88 Å². The molecule has 44 heavy (non-hydrogen) atoms. The monoisotopic (exact) mass is 641 g/mol. The highest BCUT2D eigenvalue weighted by Crippen LogP contribution is 2.60. The second-order valence-electron chi connectivity index (χ2n) is 10.4. The molecule has 1 aliphatic heterocycles. The topological polar surface area (TPSA) is 140 Å². The molecular weight excluding hydrogens is 617 g/mol. The lowest BCUT2D eigenvalue weighted by molar-refractivity contribution is -0.196. The van der Waals surface area contributed by atoms with E-state index in [1.54, 1.807) is 0 Å². The van der Waals surface area contributed by atoms with Crippen LogP contribution in [0.5, 0.6) is 11.9 Å². The molecule has 2 aliphatic rings. The van der Waals surface area contributed by atoms with Crippen molar-refractivity contribution in [3.8, 4) is 23.1 Å². The number of nitrogen functional groups attached to an aromatic ring is 1. The molecule has 0 saturated heterocycles. The zero-order valence-electron chi connectivity index (χ0n) is 22.6. The molecule has 0 bridgehead atoms. The lowest BCUT2D eigenvalue weighted by Gasteiger charge is -2.23. The normalized spacial score (nSPS) is 22.1. The number of alkyl halides is 8. The second-order valence-corrected chi connectivity index (χ2v) is 10.4. The molecule has 10 nitrogen and oxygen atoms in total. The highest BCUT2D eigenvalue weighted by molar-refractivity contribution is 5.96. The fraction of sp³-hybridized carbons (Fsp3) is 0.520. The van der Waals surface area contributed by atoms with Gasteiger partial charge in [0.15, 0.2) is 11.9 Å². The molecule has 5 rings (SSSR count). The number of aliphatic hydroxyl groups is 1. The van der Waals surface area contributed by atoms with Crippen LogP contribution in [0.3, 0.4) is 0 Å². The average Bonchev–Trinajstić information content (AvgIpc) is 3.49. The third kappa shape index (κ3) is 5.81. The van der Waals surface area contributed by atoms with Crippen molar-refractivity contribution in [3.05, 3.63) is 23.1 Å². The smallest absolute Gasteiger partial charge is 0.425 e. The van der Waals surface area contributed by atoms with Gasteiger partial charge in [-0.3, -0.25) is 0 Å². The molecule has 4 heterocycles. The number of aliphatic hydroxyl groups excluding tert-OH is 1. The fourth-order valence-electron chi connectivity index (χ4n) is 4.83. The van der Waals surface area contributed by atoms with Crippen molar-refractivity contribution in [2.24, 2.45) is 5.41 Å². The first-order chi connectivity index (χ1) is 20.5. The number of ether oxygens (including phenoxy) is 2. The lowest BCUT2D eigenvalue weighted by Crippen LogP contribution is -2.37. The summed E-state index contributed by atoms with van der Waals surface area (Å²) in [5.41, 5.74) is -1.44. The summed E-state index contributed by atoms with van der Waals surface area (Å²) in [7, 11) is 0. The van der Waals surface area contributed by atoms with Gasteiger partial charge in [0.05, 0.1) is 23.3 Å². The van der Waals surface area contributed by atoms with Crippen LogP contribution in [-0.4, -0.2) is 76.1 Å². The minimum absolute atomic E-state index is 0.0119. The van der Waals surface area contributed by atoms with Crippen molar-refractivity contribution in [1.29, 1.82) is 0 Å². The Morgan fingerprint density at radius 1 is 1.09 bits per heavy atom. The number of halogens is 9. The quantitative estimate of drug-likeness (QED) is 0.299. The predicted octanol–water partition coefficient (Wildman–Crippen LogP) is 4.25. The molecule has 1 saturated carbocycles. The minimum atomic E-state index is -5.14. The number of aryl methyl sites for hydroxylation is 1. The van der Waals surface area contributed by atoms with E-state index in [1.165, 1.54) is 0 Å². The molecule has 3 aromatic rings. The summed E-state index contributed by atoms with van der Waals surface area (Å²) < 4.78 is 139. The zero-order valence-corrected chi connectivity index (χ0v) is 22.6. The first kappa shape index (κ1) is 31.6. The molecular formula is C25H24F9N7O3. The molecule has 3 aromatic heterocycles. The van der Waals surface area contributed by atoms with Crippen LogP contribution in [-0.2, 0) is 6.18 Å². The van der Waals surface area contributed by atoms with E-state index in [1.807, 2.05) is 0 Å². The van der Waals surface area contributed by atoms with Crippen LogP contribution in [0.2, 0.25) is 0 Å². The Morgan fingerprint density at radius 2 is 1.80 bits per heavy atom. The van der Waals surface area contributed by atoms with Gasteiger partial charge in [0.25, 0.3) is 5.92 Å². The largest absolute Gasteiger partial charge is 0.464 e. The second kappa shape index (κ2) is 10.9. The van der Waals surface area contributed by atoms with Crippen molar-refractivity contribution < 1.29 is 54.1 Å². The third-order valence-electron chi connectivity index (χ3n) is 7.28. The number of anilines is 2. The van der Waals surface area contributed by atoms with Gasteiger partial charge in [-0.1, -0.05) is 0 Å². The summed E-state index contributed by atoms with van der Waals surface area (Å²) in [4.78, 5) is 15.2. The van der Waals surface area contributed by atoms with Crippen molar-refractivity contribution >= 4 is 22.5 Å². The molecule has 5 N–H and O–H groups in total. The highest BCUT2D eigenvalue weighted by atomic mass is 19.4. The highest BCUT2D eigenvalue weighted by Gasteiger charge is 2.71. The number of pyridine rings is 2. The fourth-order valence-corrected chi connectivity index (χ4v) is 4.83. The van der Waals surface area contributed by atoms with Gasteiger partial charge in [-0.25, -0.2) is 23.1 Å². The number of rotatable bonds is 5. The van der Waals surface area contributed by atoms with Gasteiger partial charge >= 0.3 is 18.4 Å². The van der Waals surface area contributed by atoms with E-state index < -0.39 is 119 Å². The van der Waals surface area contributed by atoms with E-state index in [0.717, 1.165) is 6.92 Å². The van der Waals surface area contributed by atoms with Gasteiger partial charge in [-0.05, 0) is 19.5 Å². The van der Waals surface area contributed by atoms with Crippen molar-refractivity contribution in [3.63, 3.8) is 0 Å². The molecule has 19 heteroatoms. The molecule has 1 aliphatic carbocycles. The van der Waals surface area contributed by atoms with Crippen LogP contribution in [0.15, 0.2) is 6.07 Å². The number of aromatic nitrogens is 4. The van der Waals surface area contributed by atoms with E-state index in [0.29, 0.717) is 6.07 Å². The van der Waals surface area contributed by atoms with Gasteiger partial charge in [0, 0.05) is 31.5 Å². The summed E-state index contributed by atoms with van der Waals surface area (Å²) >= 11 is 0. The minimum Gasteiger partial charge on any atom is -0.464 e. The molecule has 2 atom stereocenters. The number of nitrogens with two attached hydrogens (primary N) is 1. The summed E-state index contributed by atoms with van der Waals surface area (Å²) in [5, 5.41) is 14.4. The Balaban J connectivity index is 1.77. The summed E-state index contributed by atoms with van der Waals surface area (Å²) in [6, 6.07) is -0.108. The Bertz CT molecular complexity index is 1590. The maximum absolute atomic E-state index is 16.3. The van der Waals surface area contributed by atoms with Crippen LogP contribution in [0, 0.1) is 18.2 Å². The van der Waals surface area contributed by atoms with E-state index in [4.69, 9.17) is 15.2 Å². The standard InChI is InChI=1S/C25H24F9N7O3/c1-10-15(25(32,33)34)11(6-13(35)38-10)17-16(26)18-14-19(41-21(40-18)43-9-22(8-42)7-23(22,27)28)37-5-4-36-3-2-12(24(29,30)31)44-20(14)39-17/h6,12,36,42H,2-5,7-9H2,1H3,(H2,35,38)(H,37,40,41)/t12-,22?/m1/s1. The Hall–Kier alpha value is -3.87. The van der Waals surface area contributed by atoms with Crippen molar-refractivity contribution in [2.75, 3.05) is 43.9 Å². The lowest BCUT2D eigenvalue weighted by atomic mass is 10.0. The van der Waals surface area contributed by atoms with Gasteiger partial charge in [0.1, 0.15) is 34.8 Å². The Morgan fingerprint density at radius 3 is 2.41 bits per heavy atom. The van der Waals surface area contributed by atoms with Gasteiger partial charge in [-0.15, -0.1) is 0 Å². The van der Waals surface area contributed by atoms with Gasteiger partial charge in [-0.2, -0.15) is 36.3 Å². The Labute approximate surface area is 242 Å². The zero-order chi connectivity index (χ0) is 32.2. The van der Waals surface area contributed by atoms with E-state index in [9.17, 15) is 40.2 Å². The van der Waals surface area contributed by atoms with E-state index >= 15 is 4.39 Å². The number of nitrogens with one attached hydrogen (secondary N) is 2. The average molecular weight is 641 g/mol. The first-order valence-corrected chi connectivity index (χ1v) is 13.0. The van der Waals surface area contributed by atoms with Crippen molar-refractivity contribution in [1.82, 2.24) is 25.3 Å². The maximum Gasteiger partial charge on any atom is 0.425 e. The number of hydrogen-bond acceptors (Lipinski definition) is 10. The first-order valence-electron chi connectivity index (χ1n) is 13.0. The Kier molecular flexibility index (Phi) is 7.84. The van der Waals surface area contributed by atoms with E-state index in [-0.39, 0.29) is 19.6 Å². The molecule has 0 spiro atoms. The molecule has 0 radical (unpaired) electrons. The van der Waals surface area contributed by atoms with E-state index in [2.05, 4.69) is 30.6 Å². The number of hydrogen-bond donors (Lipinski definition) is 4. The SMILES string of the molecule is Cc1nc(N)cc(-c2nc3c4c(nc(OCC5(CO)CC5(F)F)nc4c2F)NCCNCC[C@H](C(F)(F)F)O3)c1C(F)(F)F. The van der Waals surface area contributed by atoms with Crippen LogP contribution in [0.25, 0.3) is 22.2 Å². The van der Waals surface area contributed by atoms with Crippen LogP contribution in [0.4, 0.5) is 51.1 Å². The number of nitrogens with zero attached hydrogens (tertiary/aromatic N) is 4. The molecule has 240 valence electrons. The van der Waals surface area contributed by atoms with Gasteiger partial charge < -0.3 is 30.9 Å². The summed E-state index contributed by atoms with van der Waals surface area (Å²) in [6.07, 6.45) is -14.0. The molecule has 1 fully saturated rings.